The summed E-state index contributed by atoms with van der Waals surface area (Å²) in [7, 11) is 0. The third-order valence-electron chi connectivity index (χ3n) is 6.91. The van der Waals surface area contributed by atoms with Gasteiger partial charge in [-0.25, -0.2) is 9.18 Å². The van der Waals surface area contributed by atoms with Crippen molar-refractivity contribution in [3.05, 3.63) is 65.5 Å². The van der Waals surface area contributed by atoms with Crippen molar-refractivity contribution in [1.29, 1.82) is 0 Å². The van der Waals surface area contributed by atoms with Gasteiger partial charge in [-0.2, -0.15) is 0 Å². The van der Waals surface area contributed by atoms with Gasteiger partial charge in [0, 0.05) is 36.9 Å². The SMILES string of the molecule is CC(=O)c1cccc(NC(=O)N[C@@H]2CCNC[C@H]2C(=O)N2CCCC(Cc3ccc(F)cc3)C2)c1. The minimum atomic E-state index is -0.386. The van der Waals surface area contributed by atoms with E-state index in [1.807, 2.05) is 17.0 Å². The third kappa shape index (κ3) is 6.66. The number of amides is 3. The van der Waals surface area contributed by atoms with Gasteiger partial charge in [-0.3, -0.25) is 9.59 Å². The fourth-order valence-electron chi connectivity index (χ4n) is 5.06. The lowest BCUT2D eigenvalue weighted by Gasteiger charge is -2.39. The second-order valence-electron chi connectivity index (χ2n) is 9.56. The van der Waals surface area contributed by atoms with Crippen LogP contribution in [-0.4, -0.2) is 54.8 Å². The molecule has 0 aliphatic carbocycles. The van der Waals surface area contributed by atoms with Gasteiger partial charge in [-0.15, -0.1) is 0 Å². The standard InChI is InChI=1S/C27H33FN4O3/c1-18(33)21-5-2-6-23(15-21)30-27(35)31-25-11-12-29-16-24(25)26(34)32-13-3-4-20(17-32)14-19-7-9-22(28)10-8-19/h2,5-10,15,20,24-25,29H,3-4,11-14,16-17H2,1H3,(H2,30,31,35)/t20?,24-,25-/m1/s1. The number of benzene rings is 2. The molecule has 2 aromatic carbocycles. The Morgan fingerprint density at radius 1 is 1.11 bits per heavy atom. The van der Waals surface area contributed by atoms with Gasteiger partial charge in [-0.1, -0.05) is 24.3 Å². The molecule has 1 unspecified atom stereocenters. The Balaban J connectivity index is 1.36. The highest BCUT2D eigenvalue weighted by atomic mass is 19.1. The molecular weight excluding hydrogens is 447 g/mol. The molecule has 3 N–H and O–H groups in total. The zero-order valence-electron chi connectivity index (χ0n) is 20.1. The number of ketones is 1. The molecule has 7 nitrogen and oxygen atoms in total. The van der Waals surface area contributed by atoms with Gasteiger partial charge >= 0.3 is 6.03 Å². The molecule has 0 bridgehead atoms. The highest BCUT2D eigenvalue weighted by molar-refractivity contribution is 5.96. The summed E-state index contributed by atoms with van der Waals surface area (Å²) in [5.41, 5.74) is 2.14. The first kappa shape index (κ1) is 24.9. The minimum absolute atomic E-state index is 0.0601. The smallest absolute Gasteiger partial charge is 0.319 e. The lowest BCUT2D eigenvalue weighted by molar-refractivity contribution is -0.138. The average Bonchev–Trinajstić information content (AvgIpc) is 2.85. The predicted molar refractivity (Wildman–Crippen MR) is 133 cm³/mol. The van der Waals surface area contributed by atoms with Crippen molar-refractivity contribution < 1.29 is 18.8 Å². The number of urea groups is 1. The molecule has 3 amide bonds. The number of carbonyl (C=O) groups excluding carboxylic acids is 3. The molecule has 0 aromatic heterocycles. The van der Waals surface area contributed by atoms with Crippen molar-refractivity contribution in [1.82, 2.24) is 15.5 Å². The van der Waals surface area contributed by atoms with Gasteiger partial charge in [0.25, 0.3) is 0 Å². The van der Waals surface area contributed by atoms with E-state index in [2.05, 4.69) is 16.0 Å². The average molecular weight is 481 g/mol. The molecule has 2 saturated heterocycles. The summed E-state index contributed by atoms with van der Waals surface area (Å²) in [5.74, 6) is -0.268. The van der Waals surface area contributed by atoms with E-state index in [1.165, 1.54) is 19.1 Å². The van der Waals surface area contributed by atoms with Crippen LogP contribution in [0.15, 0.2) is 48.5 Å². The summed E-state index contributed by atoms with van der Waals surface area (Å²) in [6.07, 6.45) is 3.44. The third-order valence-corrected chi connectivity index (χ3v) is 6.91. The fraction of sp³-hybridized carbons (Fsp3) is 0.444. The first-order chi connectivity index (χ1) is 16.9. The normalized spacial score (nSPS) is 22.3. The lowest BCUT2D eigenvalue weighted by atomic mass is 9.88. The van der Waals surface area contributed by atoms with Crippen molar-refractivity contribution in [2.75, 3.05) is 31.5 Å². The van der Waals surface area contributed by atoms with E-state index in [9.17, 15) is 18.8 Å². The first-order valence-corrected chi connectivity index (χ1v) is 12.3. The largest absolute Gasteiger partial charge is 0.342 e. The molecule has 2 aromatic rings. The van der Waals surface area contributed by atoms with Gasteiger partial charge in [-0.05, 0) is 74.9 Å². The number of hydrogen-bond acceptors (Lipinski definition) is 4. The highest BCUT2D eigenvalue weighted by Gasteiger charge is 2.36. The fourth-order valence-corrected chi connectivity index (χ4v) is 5.06. The Labute approximate surface area is 205 Å². The molecule has 2 fully saturated rings. The Morgan fingerprint density at radius 2 is 1.91 bits per heavy atom. The van der Waals surface area contributed by atoms with Crippen LogP contribution >= 0.6 is 0 Å². The number of nitrogens with zero attached hydrogens (tertiary/aromatic N) is 1. The maximum absolute atomic E-state index is 13.5. The van der Waals surface area contributed by atoms with Crippen LogP contribution in [-0.2, 0) is 11.2 Å². The van der Waals surface area contributed by atoms with Crippen LogP contribution < -0.4 is 16.0 Å². The number of nitrogens with one attached hydrogen (secondary N) is 3. The molecule has 186 valence electrons. The van der Waals surface area contributed by atoms with Gasteiger partial charge in [0.1, 0.15) is 5.82 Å². The van der Waals surface area contributed by atoms with Gasteiger partial charge in [0.2, 0.25) is 5.91 Å². The lowest BCUT2D eigenvalue weighted by Crippen LogP contribution is -2.57. The number of rotatable bonds is 6. The van der Waals surface area contributed by atoms with Gasteiger partial charge < -0.3 is 20.9 Å². The minimum Gasteiger partial charge on any atom is -0.342 e. The second-order valence-corrected chi connectivity index (χ2v) is 9.56. The van der Waals surface area contributed by atoms with Gasteiger partial charge in [0.15, 0.2) is 5.78 Å². The molecule has 35 heavy (non-hydrogen) atoms. The van der Waals surface area contributed by atoms with Gasteiger partial charge in [0.05, 0.1) is 5.92 Å². The summed E-state index contributed by atoms with van der Waals surface area (Å²) in [6.45, 7) is 4.11. The number of hydrogen-bond donors (Lipinski definition) is 3. The molecule has 4 rings (SSSR count). The second kappa shape index (κ2) is 11.4. The van der Waals surface area contributed by atoms with Crippen molar-refractivity contribution in [3.8, 4) is 0 Å². The summed E-state index contributed by atoms with van der Waals surface area (Å²) in [5, 5.41) is 9.06. The van der Waals surface area contributed by atoms with E-state index in [0.29, 0.717) is 43.2 Å². The molecule has 2 aliphatic heterocycles. The van der Waals surface area contributed by atoms with Crippen LogP contribution in [0.5, 0.6) is 0 Å². The van der Waals surface area contributed by atoms with E-state index in [1.54, 1.807) is 24.3 Å². The summed E-state index contributed by atoms with van der Waals surface area (Å²) in [6, 6.07) is 12.7. The molecule has 2 aliphatic rings. The Kier molecular flexibility index (Phi) is 8.13. The number of likely N-dealkylation sites (tertiary alicyclic amines) is 1. The van der Waals surface area contributed by atoms with E-state index in [4.69, 9.17) is 0 Å². The van der Waals surface area contributed by atoms with Crippen LogP contribution in [0.4, 0.5) is 14.9 Å². The van der Waals surface area contributed by atoms with E-state index >= 15 is 0 Å². The quantitative estimate of drug-likeness (QED) is 0.551. The maximum Gasteiger partial charge on any atom is 0.319 e. The summed E-state index contributed by atoms with van der Waals surface area (Å²) in [4.78, 5) is 39.7. The topological polar surface area (TPSA) is 90.5 Å². The number of Topliss-reactive ketones (excluding diaryl/α,β-unsaturated/α-hetero) is 1. The molecular formula is C27H33FN4O3. The Hall–Kier alpha value is -3.26. The molecule has 0 radical (unpaired) electrons. The van der Waals surface area contributed by atoms with Crippen LogP contribution in [0.3, 0.4) is 0 Å². The number of piperidine rings is 2. The van der Waals surface area contributed by atoms with Crippen molar-refractivity contribution in [2.24, 2.45) is 11.8 Å². The van der Waals surface area contributed by atoms with Crippen LogP contribution in [0, 0.1) is 17.7 Å². The molecule has 0 saturated carbocycles. The van der Waals surface area contributed by atoms with Crippen LogP contribution in [0.25, 0.3) is 0 Å². The van der Waals surface area contributed by atoms with E-state index in [0.717, 1.165) is 31.4 Å². The maximum atomic E-state index is 13.5. The zero-order chi connectivity index (χ0) is 24.8. The molecule has 8 heteroatoms. The van der Waals surface area contributed by atoms with Crippen LogP contribution in [0.2, 0.25) is 0 Å². The zero-order valence-corrected chi connectivity index (χ0v) is 20.1. The first-order valence-electron chi connectivity index (χ1n) is 12.3. The monoisotopic (exact) mass is 480 g/mol. The number of anilines is 1. The summed E-state index contributed by atoms with van der Waals surface area (Å²) >= 11 is 0. The Bertz CT molecular complexity index is 1060. The Morgan fingerprint density at radius 3 is 2.69 bits per heavy atom. The van der Waals surface area contributed by atoms with Crippen molar-refractivity contribution >= 4 is 23.4 Å². The van der Waals surface area contributed by atoms with Crippen molar-refractivity contribution in [2.45, 2.75) is 38.6 Å². The van der Waals surface area contributed by atoms with Crippen LogP contribution in [0.1, 0.15) is 42.1 Å². The molecule has 0 spiro atoms. The molecule has 2 heterocycles. The van der Waals surface area contributed by atoms with E-state index < -0.39 is 0 Å². The number of halogens is 1. The molecule has 3 atom stereocenters. The number of carbonyl (C=O) groups is 3. The highest BCUT2D eigenvalue weighted by Crippen LogP contribution is 2.24. The van der Waals surface area contributed by atoms with E-state index in [-0.39, 0.29) is 35.5 Å². The summed E-state index contributed by atoms with van der Waals surface area (Å²) < 4.78 is 13.2. The van der Waals surface area contributed by atoms with Crippen molar-refractivity contribution in [3.63, 3.8) is 0 Å². The predicted octanol–water partition coefficient (Wildman–Crippen LogP) is 3.61.